The van der Waals surface area contributed by atoms with Crippen molar-refractivity contribution >= 4 is 33.7 Å². The van der Waals surface area contributed by atoms with Crippen LogP contribution < -0.4 is 5.32 Å². The number of benzene rings is 2. The summed E-state index contributed by atoms with van der Waals surface area (Å²) in [4.78, 5) is 31.2. The van der Waals surface area contributed by atoms with Crippen LogP contribution in [-0.2, 0) is 6.54 Å². The molecule has 4 amide bonds. The number of rotatable bonds is 4. The molecule has 30 heavy (non-hydrogen) atoms. The summed E-state index contributed by atoms with van der Waals surface area (Å²) in [7, 11) is 0. The number of hydrogen-bond acceptors (Lipinski definition) is 2. The molecule has 0 saturated carbocycles. The highest BCUT2D eigenvalue weighted by molar-refractivity contribution is 9.10. The van der Waals surface area contributed by atoms with Crippen molar-refractivity contribution in [2.75, 3.05) is 31.5 Å². The lowest BCUT2D eigenvalue weighted by Gasteiger charge is -2.36. The largest absolute Gasteiger partial charge is 0.324 e. The molecule has 2 aliphatic heterocycles. The lowest BCUT2D eigenvalue weighted by atomic mass is 10.0. The SMILES string of the molecule is Cc1ccc(CN2CCN(C3CCN(C(=O)Nc4ccc(Br)cc4)CC3)C2=O)cc1. The summed E-state index contributed by atoms with van der Waals surface area (Å²) in [5, 5.41) is 2.95. The summed E-state index contributed by atoms with van der Waals surface area (Å²) in [5.74, 6) is 0. The second kappa shape index (κ2) is 9.08. The third-order valence-electron chi connectivity index (χ3n) is 5.91. The fourth-order valence-electron chi connectivity index (χ4n) is 4.12. The first-order valence-electron chi connectivity index (χ1n) is 10.4. The normalized spacial score (nSPS) is 17.5. The van der Waals surface area contributed by atoms with Crippen molar-refractivity contribution in [2.24, 2.45) is 0 Å². The Bertz CT molecular complexity index is 892. The first kappa shape index (κ1) is 20.7. The lowest BCUT2D eigenvalue weighted by Crippen LogP contribution is -2.49. The van der Waals surface area contributed by atoms with E-state index in [1.807, 2.05) is 39.0 Å². The van der Waals surface area contributed by atoms with Crippen LogP contribution in [0.2, 0.25) is 0 Å². The van der Waals surface area contributed by atoms with Crippen LogP contribution in [0.15, 0.2) is 53.0 Å². The molecule has 0 bridgehead atoms. The van der Waals surface area contributed by atoms with Crippen LogP contribution in [0.1, 0.15) is 24.0 Å². The van der Waals surface area contributed by atoms with Gasteiger partial charge in [0.05, 0.1) is 0 Å². The van der Waals surface area contributed by atoms with Gasteiger partial charge in [0.2, 0.25) is 0 Å². The van der Waals surface area contributed by atoms with Gasteiger partial charge in [-0.05, 0) is 49.6 Å². The van der Waals surface area contributed by atoms with Crippen molar-refractivity contribution in [3.05, 3.63) is 64.1 Å². The first-order valence-corrected chi connectivity index (χ1v) is 11.2. The van der Waals surface area contributed by atoms with E-state index in [4.69, 9.17) is 0 Å². The number of halogens is 1. The van der Waals surface area contributed by atoms with E-state index in [1.165, 1.54) is 5.56 Å². The Hall–Kier alpha value is -2.54. The minimum Gasteiger partial charge on any atom is -0.324 e. The van der Waals surface area contributed by atoms with Gasteiger partial charge in [-0.2, -0.15) is 0 Å². The highest BCUT2D eigenvalue weighted by atomic mass is 79.9. The number of anilines is 1. The number of carbonyl (C=O) groups is 2. The fraction of sp³-hybridized carbons (Fsp3) is 0.391. The molecule has 4 rings (SSSR count). The number of urea groups is 2. The Balaban J connectivity index is 1.27. The molecule has 2 aliphatic rings. The lowest BCUT2D eigenvalue weighted by molar-refractivity contribution is 0.139. The van der Waals surface area contributed by atoms with E-state index >= 15 is 0 Å². The van der Waals surface area contributed by atoms with E-state index < -0.39 is 0 Å². The number of likely N-dealkylation sites (tertiary alicyclic amines) is 1. The topological polar surface area (TPSA) is 55.9 Å². The van der Waals surface area contributed by atoms with E-state index in [-0.39, 0.29) is 18.1 Å². The predicted molar refractivity (Wildman–Crippen MR) is 121 cm³/mol. The molecule has 7 heteroatoms. The van der Waals surface area contributed by atoms with Crippen LogP contribution >= 0.6 is 15.9 Å². The molecule has 0 aromatic heterocycles. The fourth-order valence-corrected chi connectivity index (χ4v) is 4.38. The van der Waals surface area contributed by atoms with E-state index in [2.05, 4.69) is 52.4 Å². The molecule has 0 spiro atoms. The van der Waals surface area contributed by atoms with Crippen LogP contribution in [0.25, 0.3) is 0 Å². The van der Waals surface area contributed by atoms with E-state index in [9.17, 15) is 9.59 Å². The molecule has 0 atom stereocenters. The van der Waals surface area contributed by atoms with Gasteiger partial charge < -0.3 is 20.0 Å². The number of piperidine rings is 1. The van der Waals surface area contributed by atoms with Crippen molar-refractivity contribution < 1.29 is 9.59 Å². The zero-order chi connectivity index (χ0) is 21.1. The third-order valence-corrected chi connectivity index (χ3v) is 6.44. The minimum atomic E-state index is -0.0791. The Kier molecular flexibility index (Phi) is 6.27. The van der Waals surface area contributed by atoms with Gasteiger partial charge in [0, 0.05) is 48.9 Å². The van der Waals surface area contributed by atoms with Crippen molar-refractivity contribution in [3.8, 4) is 0 Å². The molecule has 158 valence electrons. The molecule has 2 saturated heterocycles. The molecule has 2 fully saturated rings. The van der Waals surface area contributed by atoms with Crippen LogP contribution in [0.3, 0.4) is 0 Å². The van der Waals surface area contributed by atoms with Gasteiger partial charge in [-0.15, -0.1) is 0 Å². The summed E-state index contributed by atoms with van der Waals surface area (Å²) in [6, 6.07) is 16.2. The minimum absolute atomic E-state index is 0.0791. The molecule has 2 aromatic rings. The summed E-state index contributed by atoms with van der Waals surface area (Å²) >= 11 is 3.40. The second-order valence-corrected chi connectivity index (χ2v) is 8.95. The zero-order valence-corrected chi connectivity index (χ0v) is 18.8. The molecule has 0 radical (unpaired) electrons. The van der Waals surface area contributed by atoms with E-state index in [0.717, 1.165) is 41.7 Å². The van der Waals surface area contributed by atoms with E-state index in [0.29, 0.717) is 19.6 Å². The first-order chi connectivity index (χ1) is 14.5. The Labute approximate surface area is 186 Å². The predicted octanol–water partition coefficient (Wildman–Crippen LogP) is 4.69. The van der Waals surface area contributed by atoms with Gasteiger partial charge in [-0.3, -0.25) is 0 Å². The standard InChI is InChI=1S/C23H27BrN4O2/c1-17-2-4-18(5-3-17)16-27-14-15-28(23(27)30)21-10-12-26(13-11-21)22(29)25-20-8-6-19(24)7-9-20/h2-9,21H,10-16H2,1H3,(H,25,29). The highest BCUT2D eigenvalue weighted by Crippen LogP contribution is 2.23. The number of nitrogens with zero attached hydrogens (tertiary/aromatic N) is 3. The van der Waals surface area contributed by atoms with Crippen LogP contribution in [0, 0.1) is 6.92 Å². The smallest absolute Gasteiger partial charge is 0.321 e. The Morgan fingerprint density at radius 1 is 1.00 bits per heavy atom. The number of amides is 4. The quantitative estimate of drug-likeness (QED) is 0.704. The molecule has 2 heterocycles. The number of hydrogen-bond donors (Lipinski definition) is 1. The molecule has 2 aromatic carbocycles. The van der Waals surface area contributed by atoms with Gasteiger partial charge in [0.1, 0.15) is 0 Å². The monoisotopic (exact) mass is 470 g/mol. The molecule has 1 N–H and O–H groups in total. The average molecular weight is 471 g/mol. The van der Waals surface area contributed by atoms with Crippen LogP contribution in [-0.4, -0.2) is 59.0 Å². The van der Waals surface area contributed by atoms with Crippen LogP contribution in [0.5, 0.6) is 0 Å². The van der Waals surface area contributed by atoms with Gasteiger partial charge in [-0.25, -0.2) is 9.59 Å². The second-order valence-electron chi connectivity index (χ2n) is 8.04. The third kappa shape index (κ3) is 4.78. The van der Waals surface area contributed by atoms with Gasteiger partial charge in [-0.1, -0.05) is 45.8 Å². The molecule has 6 nitrogen and oxygen atoms in total. The number of carbonyl (C=O) groups excluding carboxylic acids is 2. The molecule has 0 aliphatic carbocycles. The maximum Gasteiger partial charge on any atom is 0.321 e. The molecular weight excluding hydrogens is 444 g/mol. The maximum absolute atomic E-state index is 12.9. The van der Waals surface area contributed by atoms with Gasteiger partial charge >= 0.3 is 12.1 Å². The van der Waals surface area contributed by atoms with Gasteiger partial charge in [0.25, 0.3) is 0 Å². The summed E-state index contributed by atoms with van der Waals surface area (Å²) in [6.07, 6.45) is 1.63. The maximum atomic E-state index is 12.9. The number of nitrogens with one attached hydrogen (secondary N) is 1. The van der Waals surface area contributed by atoms with Crippen molar-refractivity contribution in [2.45, 2.75) is 32.4 Å². The number of aryl methyl sites for hydroxylation is 1. The highest BCUT2D eigenvalue weighted by Gasteiger charge is 2.35. The van der Waals surface area contributed by atoms with E-state index in [1.54, 1.807) is 0 Å². The summed E-state index contributed by atoms with van der Waals surface area (Å²) in [6.45, 7) is 5.57. The van der Waals surface area contributed by atoms with Crippen molar-refractivity contribution in [1.82, 2.24) is 14.7 Å². The summed E-state index contributed by atoms with van der Waals surface area (Å²) in [5.41, 5.74) is 3.17. The van der Waals surface area contributed by atoms with Crippen LogP contribution in [0.4, 0.5) is 15.3 Å². The molecule has 0 unspecified atom stereocenters. The average Bonchev–Trinajstić information content (AvgIpc) is 3.11. The summed E-state index contributed by atoms with van der Waals surface area (Å²) < 4.78 is 0.980. The zero-order valence-electron chi connectivity index (χ0n) is 17.2. The Morgan fingerprint density at radius 2 is 1.67 bits per heavy atom. The van der Waals surface area contributed by atoms with Gasteiger partial charge in [0.15, 0.2) is 0 Å². The van der Waals surface area contributed by atoms with Crippen molar-refractivity contribution in [3.63, 3.8) is 0 Å². The molecular formula is C23H27BrN4O2. The van der Waals surface area contributed by atoms with Crippen molar-refractivity contribution in [1.29, 1.82) is 0 Å². The Morgan fingerprint density at radius 3 is 2.33 bits per heavy atom.